The van der Waals surface area contributed by atoms with Gasteiger partial charge in [-0.1, -0.05) is 15.9 Å². The van der Waals surface area contributed by atoms with E-state index in [1.54, 1.807) is 18.4 Å². The third-order valence-corrected chi connectivity index (χ3v) is 4.72. The van der Waals surface area contributed by atoms with Crippen LogP contribution in [0.4, 0.5) is 0 Å². The fraction of sp³-hybridized carbons (Fsp3) is 0.300. The Balaban J connectivity index is 2.93. The number of carboxylic acids is 1. The van der Waals surface area contributed by atoms with Gasteiger partial charge in [-0.3, -0.25) is 0 Å². The molecule has 5 nitrogen and oxygen atoms in total. The molecule has 0 fully saturated rings. The molecule has 1 N–H and O–H groups in total. The first-order valence-electron chi connectivity index (χ1n) is 4.84. The molecular weight excluding hydrogens is 342 g/mol. The Labute approximate surface area is 118 Å². The summed E-state index contributed by atoms with van der Waals surface area (Å²) in [5.41, 5.74) is 0. The first kappa shape index (κ1) is 15.5. The van der Waals surface area contributed by atoms with Crippen LogP contribution in [0.2, 0.25) is 0 Å². The highest BCUT2D eigenvalue weighted by Gasteiger charge is 2.20. The Kier molecular flexibility index (Phi) is 5.64. The molecule has 0 spiro atoms. The van der Waals surface area contributed by atoms with Crippen molar-refractivity contribution in [1.82, 2.24) is 4.72 Å². The summed E-state index contributed by atoms with van der Waals surface area (Å²) in [4.78, 5) is 10.8. The lowest BCUT2D eigenvalue weighted by atomic mass is 10.4. The largest absolute Gasteiger partial charge is 0.548 e. The van der Waals surface area contributed by atoms with E-state index in [4.69, 9.17) is 0 Å². The fourth-order valence-corrected chi connectivity index (χ4v) is 3.29. The van der Waals surface area contributed by atoms with Gasteiger partial charge >= 0.3 is 0 Å². The Morgan fingerprint density at radius 3 is 2.44 bits per heavy atom. The molecule has 0 bridgehead atoms. The van der Waals surface area contributed by atoms with Gasteiger partial charge in [-0.15, -0.1) is 0 Å². The second-order valence-electron chi connectivity index (χ2n) is 3.40. The van der Waals surface area contributed by atoms with Crippen LogP contribution in [-0.2, 0) is 14.8 Å². The Morgan fingerprint density at radius 2 is 2.00 bits per heavy atom. The van der Waals surface area contributed by atoms with Crippen LogP contribution in [0.5, 0.6) is 0 Å². The van der Waals surface area contributed by atoms with Gasteiger partial charge in [0.25, 0.3) is 0 Å². The van der Waals surface area contributed by atoms with Gasteiger partial charge in [-0.2, -0.15) is 11.8 Å². The quantitative estimate of drug-likeness (QED) is 0.790. The molecule has 0 aliphatic heterocycles. The van der Waals surface area contributed by atoms with E-state index in [0.29, 0.717) is 0 Å². The van der Waals surface area contributed by atoms with E-state index in [1.807, 2.05) is 0 Å². The average molecular weight is 353 g/mol. The van der Waals surface area contributed by atoms with Gasteiger partial charge in [0.1, 0.15) is 0 Å². The second kappa shape index (κ2) is 6.55. The van der Waals surface area contributed by atoms with Crippen molar-refractivity contribution in [2.75, 3.05) is 12.0 Å². The Morgan fingerprint density at radius 1 is 1.44 bits per heavy atom. The predicted molar refractivity (Wildman–Crippen MR) is 71.6 cm³/mol. The molecule has 0 unspecified atom stereocenters. The lowest BCUT2D eigenvalue weighted by Gasteiger charge is -2.18. The summed E-state index contributed by atoms with van der Waals surface area (Å²) in [5.74, 6) is -1.33. The summed E-state index contributed by atoms with van der Waals surface area (Å²) >= 11 is 4.41. The van der Waals surface area contributed by atoms with Crippen molar-refractivity contribution in [3.05, 3.63) is 28.7 Å². The number of halogens is 1. The maximum Gasteiger partial charge on any atom is 0.241 e. The zero-order chi connectivity index (χ0) is 13.8. The van der Waals surface area contributed by atoms with Gasteiger partial charge in [0.2, 0.25) is 10.0 Å². The third-order valence-electron chi connectivity index (χ3n) is 2.04. The van der Waals surface area contributed by atoms with Gasteiger partial charge < -0.3 is 9.90 Å². The molecule has 100 valence electrons. The summed E-state index contributed by atoms with van der Waals surface area (Å²) in [7, 11) is -3.85. The molecule has 1 aromatic carbocycles. The molecular formula is C10H11BrNO4S2-. The van der Waals surface area contributed by atoms with Gasteiger partial charge in [0.05, 0.1) is 16.9 Å². The van der Waals surface area contributed by atoms with E-state index in [2.05, 4.69) is 20.7 Å². The monoisotopic (exact) mass is 352 g/mol. The minimum absolute atomic E-state index is 0.0121. The number of carbonyl (C=O) groups is 1. The number of carbonyl (C=O) groups excluding carboxylic acids is 1. The van der Waals surface area contributed by atoms with Crippen molar-refractivity contribution in [2.45, 2.75) is 10.9 Å². The zero-order valence-corrected chi connectivity index (χ0v) is 12.6. The number of rotatable bonds is 6. The molecule has 0 aromatic heterocycles. The first-order chi connectivity index (χ1) is 8.36. The summed E-state index contributed by atoms with van der Waals surface area (Å²) in [5, 5.41) is 10.8. The van der Waals surface area contributed by atoms with Gasteiger partial charge in [0.15, 0.2) is 0 Å². The van der Waals surface area contributed by atoms with Crippen LogP contribution in [0.25, 0.3) is 0 Å². The summed E-state index contributed by atoms with van der Waals surface area (Å²) in [6.45, 7) is 0. The molecule has 8 heteroatoms. The van der Waals surface area contributed by atoms with Crippen LogP contribution in [0.15, 0.2) is 33.6 Å². The summed E-state index contributed by atoms with van der Waals surface area (Å²) in [6.07, 6.45) is 1.68. The number of benzene rings is 1. The molecule has 0 heterocycles. The molecule has 0 saturated carbocycles. The summed E-state index contributed by atoms with van der Waals surface area (Å²) < 4.78 is 26.7. The van der Waals surface area contributed by atoms with Crippen molar-refractivity contribution in [3.8, 4) is 0 Å². The number of sulfonamides is 1. The Hall–Kier alpha value is -0.570. The third kappa shape index (κ3) is 4.27. The van der Waals surface area contributed by atoms with E-state index in [1.165, 1.54) is 23.9 Å². The number of hydrogen-bond donors (Lipinski definition) is 1. The number of aliphatic carboxylic acids is 1. The number of carboxylic acid groups (broad SMARTS) is 1. The minimum atomic E-state index is -3.85. The SMILES string of the molecule is CSC[C@H](NS(=O)(=O)c1ccc(Br)cc1)C(=O)[O-]. The van der Waals surface area contributed by atoms with Crippen LogP contribution in [-0.4, -0.2) is 32.4 Å². The maximum absolute atomic E-state index is 11.9. The molecule has 0 amide bonds. The average Bonchev–Trinajstić information content (AvgIpc) is 2.28. The second-order valence-corrected chi connectivity index (χ2v) is 6.94. The van der Waals surface area contributed by atoms with Crippen molar-refractivity contribution in [2.24, 2.45) is 0 Å². The van der Waals surface area contributed by atoms with E-state index in [-0.39, 0.29) is 10.6 Å². The molecule has 0 radical (unpaired) electrons. The highest BCUT2D eigenvalue weighted by atomic mass is 79.9. The maximum atomic E-state index is 11.9. The molecule has 0 aliphatic rings. The van der Waals surface area contributed by atoms with E-state index in [9.17, 15) is 18.3 Å². The molecule has 0 aliphatic carbocycles. The highest BCUT2D eigenvalue weighted by Crippen LogP contribution is 2.15. The lowest BCUT2D eigenvalue weighted by Crippen LogP contribution is -2.49. The first-order valence-corrected chi connectivity index (χ1v) is 8.51. The normalized spacial score (nSPS) is 13.2. The standard InChI is InChI=1S/C10H12BrNO4S2/c1-17-6-9(10(13)14)12-18(15,16)8-4-2-7(11)3-5-8/h2-5,9,12H,6H2,1H3,(H,13,14)/p-1/t9-/m0/s1. The van der Waals surface area contributed by atoms with Crippen molar-refractivity contribution in [3.63, 3.8) is 0 Å². The molecule has 1 rings (SSSR count). The number of thioether (sulfide) groups is 1. The number of nitrogens with one attached hydrogen (secondary N) is 1. The Bertz CT molecular complexity index is 515. The van der Waals surface area contributed by atoms with Gasteiger partial charge in [0, 0.05) is 10.2 Å². The van der Waals surface area contributed by atoms with Gasteiger partial charge in [-0.25, -0.2) is 13.1 Å². The fourth-order valence-electron chi connectivity index (χ4n) is 1.19. The van der Waals surface area contributed by atoms with Crippen LogP contribution >= 0.6 is 27.7 Å². The van der Waals surface area contributed by atoms with Crippen LogP contribution in [0.1, 0.15) is 0 Å². The molecule has 18 heavy (non-hydrogen) atoms. The van der Waals surface area contributed by atoms with Crippen LogP contribution in [0.3, 0.4) is 0 Å². The molecule has 0 saturated heterocycles. The smallest absolute Gasteiger partial charge is 0.241 e. The predicted octanol–water partition coefficient (Wildman–Crippen LogP) is 0.209. The van der Waals surface area contributed by atoms with Crippen LogP contribution < -0.4 is 9.83 Å². The van der Waals surface area contributed by atoms with E-state index in [0.717, 1.165) is 4.47 Å². The molecule has 1 atom stereocenters. The zero-order valence-electron chi connectivity index (χ0n) is 9.42. The van der Waals surface area contributed by atoms with Crippen LogP contribution in [0, 0.1) is 0 Å². The van der Waals surface area contributed by atoms with E-state index >= 15 is 0 Å². The van der Waals surface area contributed by atoms with E-state index < -0.39 is 22.0 Å². The lowest BCUT2D eigenvalue weighted by molar-refractivity contribution is -0.307. The number of hydrogen-bond acceptors (Lipinski definition) is 5. The highest BCUT2D eigenvalue weighted by molar-refractivity contribution is 9.10. The van der Waals surface area contributed by atoms with Crippen molar-refractivity contribution in [1.29, 1.82) is 0 Å². The summed E-state index contributed by atoms with van der Waals surface area (Å²) in [6, 6.07) is 4.66. The minimum Gasteiger partial charge on any atom is -0.548 e. The molecule has 1 aromatic rings. The topological polar surface area (TPSA) is 86.3 Å². The van der Waals surface area contributed by atoms with Crippen molar-refractivity contribution >= 4 is 43.7 Å². The van der Waals surface area contributed by atoms with Gasteiger partial charge in [-0.05, 0) is 30.5 Å². The van der Waals surface area contributed by atoms with Crippen molar-refractivity contribution < 1.29 is 18.3 Å².